The second-order valence-corrected chi connectivity index (χ2v) is 11.1. The maximum Gasteiger partial charge on any atom is 0.407 e. The van der Waals surface area contributed by atoms with E-state index < -0.39 is 48.8 Å². The first-order valence-electron chi connectivity index (χ1n) is 16.2. The number of carbonyl (C=O) groups is 6. The Hall–Kier alpha value is -5.06. The maximum absolute atomic E-state index is 12.9. The molecule has 0 aromatic heterocycles. The number of alkyl carbamates (subject to hydrolysis) is 1. The van der Waals surface area contributed by atoms with Crippen molar-refractivity contribution in [2.45, 2.75) is 25.2 Å². The van der Waals surface area contributed by atoms with Crippen LogP contribution < -0.4 is 16.0 Å². The molecule has 50 heavy (non-hydrogen) atoms. The van der Waals surface area contributed by atoms with Gasteiger partial charge >= 0.3 is 18.0 Å². The Kier molecular flexibility index (Phi) is 17.2. The molecule has 16 heteroatoms. The van der Waals surface area contributed by atoms with E-state index in [9.17, 15) is 28.8 Å². The molecular formula is C34H44N4O12. The van der Waals surface area contributed by atoms with Crippen molar-refractivity contribution in [3.8, 4) is 11.1 Å². The number of hydrogen-bond acceptors (Lipinski definition) is 10. The Labute approximate surface area is 289 Å². The van der Waals surface area contributed by atoms with E-state index in [0.29, 0.717) is 0 Å². The summed E-state index contributed by atoms with van der Waals surface area (Å²) in [6.45, 7) is -0.291. The minimum absolute atomic E-state index is 0.0166. The van der Waals surface area contributed by atoms with Crippen molar-refractivity contribution in [3.63, 3.8) is 0 Å². The largest absolute Gasteiger partial charge is 0.481 e. The molecule has 0 saturated heterocycles. The summed E-state index contributed by atoms with van der Waals surface area (Å²) in [7, 11) is 0. The SMILES string of the molecule is O=C(O)CCOCCNC(=O)CN(CC(=O)NCCOCCC(=O)O)C(=O)CCOCCNC(=O)OCC1c2ccccc2-c2ccccc21. The number of rotatable bonds is 24. The number of nitrogens with zero attached hydrogens (tertiary/aromatic N) is 1. The van der Waals surface area contributed by atoms with E-state index in [1.54, 1.807) is 0 Å². The zero-order valence-corrected chi connectivity index (χ0v) is 27.7. The molecule has 272 valence electrons. The summed E-state index contributed by atoms with van der Waals surface area (Å²) in [6, 6.07) is 16.0. The fourth-order valence-electron chi connectivity index (χ4n) is 5.03. The Bertz CT molecular complexity index is 1370. The van der Waals surface area contributed by atoms with Crippen molar-refractivity contribution < 1.29 is 57.9 Å². The number of fused-ring (bicyclic) bond motifs is 3. The molecular weight excluding hydrogens is 656 g/mol. The minimum Gasteiger partial charge on any atom is -0.481 e. The van der Waals surface area contributed by atoms with E-state index in [0.717, 1.165) is 27.2 Å². The summed E-state index contributed by atoms with van der Waals surface area (Å²) in [5.41, 5.74) is 4.45. The molecule has 2 aromatic carbocycles. The molecule has 4 amide bonds. The summed E-state index contributed by atoms with van der Waals surface area (Å²) in [4.78, 5) is 72.4. The van der Waals surface area contributed by atoms with Crippen LogP contribution >= 0.6 is 0 Å². The van der Waals surface area contributed by atoms with Gasteiger partial charge in [-0.3, -0.25) is 24.0 Å². The quantitative estimate of drug-likeness (QED) is 0.0968. The molecule has 0 atom stereocenters. The summed E-state index contributed by atoms with van der Waals surface area (Å²) in [5, 5.41) is 25.0. The van der Waals surface area contributed by atoms with Gasteiger partial charge in [0.2, 0.25) is 17.7 Å². The Morgan fingerprint density at radius 1 is 0.600 bits per heavy atom. The predicted octanol–water partition coefficient (Wildman–Crippen LogP) is 0.975. The number of ether oxygens (including phenoxy) is 4. The molecule has 0 spiro atoms. The van der Waals surface area contributed by atoms with Gasteiger partial charge in [0.05, 0.1) is 58.9 Å². The van der Waals surface area contributed by atoms with Crippen LogP contribution in [-0.2, 0) is 42.9 Å². The van der Waals surface area contributed by atoms with Crippen LogP contribution in [0, 0.1) is 0 Å². The number of aliphatic carboxylic acids is 2. The van der Waals surface area contributed by atoms with Gasteiger partial charge in [-0.15, -0.1) is 0 Å². The van der Waals surface area contributed by atoms with Crippen molar-refractivity contribution in [2.75, 3.05) is 79.0 Å². The van der Waals surface area contributed by atoms with Gasteiger partial charge in [0.25, 0.3) is 0 Å². The van der Waals surface area contributed by atoms with E-state index in [4.69, 9.17) is 29.2 Å². The highest BCUT2D eigenvalue weighted by molar-refractivity contribution is 5.89. The van der Waals surface area contributed by atoms with Gasteiger partial charge < -0.3 is 50.0 Å². The van der Waals surface area contributed by atoms with Crippen LogP contribution in [0.1, 0.15) is 36.3 Å². The second kappa shape index (κ2) is 21.8. The Morgan fingerprint density at radius 3 is 1.52 bits per heavy atom. The van der Waals surface area contributed by atoms with E-state index >= 15 is 0 Å². The third kappa shape index (κ3) is 14.2. The average molecular weight is 701 g/mol. The predicted molar refractivity (Wildman–Crippen MR) is 177 cm³/mol. The number of amides is 4. The molecule has 0 aliphatic heterocycles. The zero-order chi connectivity index (χ0) is 36.1. The third-order valence-corrected chi connectivity index (χ3v) is 7.40. The molecule has 5 N–H and O–H groups in total. The molecule has 16 nitrogen and oxygen atoms in total. The summed E-state index contributed by atoms with van der Waals surface area (Å²) in [5.74, 6) is -3.74. The van der Waals surface area contributed by atoms with Crippen molar-refractivity contribution in [2.24, 2.45) is 0 Å². The lowest BCUT2D eigenvalue weighted by Crippen LogP contribution is -2.46. The van der Waals surface area contributed by atoms with Crippen LogP contribution in [0.3, 0.4) is 0 Å². The van der Waals surface area contributed by atoms with Gasteiger partial charge in [0.1, 0.15) is 19.7 Å². The molecule has 1 aliphatic rings. The second-order valence-electron chi connectivity index (χ2n) is 11.1. The van der Waals surface area contributed by atoms with Gasteiger partial charge in [-0.2, -0.15) is 0 Å². The lowest BCUT2D eigenvalue weighted by Gasteiger charge is -2.22. The van der Waals surface area contributed by atoms with Crippen LogP contribution in [0.4, 0.5) is 4.79 Å². The van der Waals surface area contributed by atoms with Gasteiger partial charge in [0.15, 0.2) is 0 Å². The molecule has 0 heterocycles. The van der Waals surface area contributed by atoms with Crippen molar-refractivity contribution in [1.29, 1.82) is 0 Å². The van der Waals surface area contributed by atoms with Gasteiger partial charge in [-0.1, -0.05) is 48.5 Å². The van der Waals surface area contributed by atoms with Crippen molar-refractivity contribution >= 4 is 35.8 Å². The van der Waals surface area contributed by atoms with E-state index in [-0.39, 0.29) is 91.1 Å². The number of carbonyl (C=O) groups excluding carboxylic acids is 4. The highest BCUT2D eigenvalue weighted by Gasteiger charge is 2.29. The molecule has 0 unspecified atom stereocenters. The van der Waals surface area contributed by atoms with Gasteiger partial charge in [-0.05, 0) is 22.3 Å². The normalized spacial score (nSPS) is 11.6. The minimum atomic E-state index is -1.01. The molecule has 2 aromatic rings. The van der Waals surface area contributed by atoms with Crippen LogP contribution in [0.25, 0.3) is 11.1 Å². The molecule has 0 bridgehead atoms. The first kappa shape index (κ1) is 39.4. The topological polar surface area (TPSA) is 219 Å². The van der Waals surface area contributed by atoms with Crippen molar-refractivity contribution in [3.05, 3.63) is 59.7 Å². The molecule has 1 aliphatic carbocycles. The lowest BCUT2D eigenvalue weighted by molar-refractivity contribution is -0.140. The summed E-state index contributed by atoms with van der Waals surface area (Å²) in [6.07, 6.45) is -1.11. The van der Waals surface area contributed by atoms with Crippen LogP contribution in [0.5, 0.6) is 0 Å². The number of carboxylic acids is 2. The first-order valence-corrected chi connectivity index (χ1v) is 16.2. The number of benzene rings is 2. The highest BCUT2D eigenvalue weighted by atomic mass is 16.5. The Balaban J connectivity index is 1.37. The molecule has 0 saturated carbocycles. The first-order chi connectivity index (χ1) is 24.2. The molecule has 0 fully saturated rings. The summed E-state index contributed by atoms with van der Waals surface area (Å²) < 4.78 is 21.2. The fraction of sp³-hybridized carbons (Fsp3) is 0.471. The summed E-state index contributed by atoms with van der Waals surface area (Å²) >= 11 is 0. The molecule has 3 rings (SSSR count). The van der Waals surface area contributed by atoms with Gasteiger partial charge in [-0.25, -0.2) is 4.79 Å². The molecule has 0 radical (unpaired) electrons. The van der Waals surface area contributed by atoms with Crippen LogP contribution in [0.2, 0.25) is 0 Å². The maximum atomic E-state index is 12.9. The standard InChI is InChI=1S/C34H44N4O12/c39-29(35-12-18-48-16-10-32(42)43)21-38(22-30(40)36-13-19-49-17-11-33(44)45)31(41)9-15-47-20-14-37-34(46)50-23-28-26-7-3-1-5-24(26)25-6-2-4-8-27(25)28/h1-8,28H,9-23H2,(H,35,39)(H,36,40)(H,37,46)(H,42,43)(H,44,45). The van der Waals surface area contributed by atoms with Crippen molar-refractivity contribution in [1.82, 2.24) is 20.9 Å². The Morgan fingerprint density at radius 2 is 1.04 bits per heavy atom. The number of hydrogen-bond donors (Lipinski definition) is 5. The van der Waals surface area contributed by atoms with Crippen LogP contribution in [-0.4, -0.2) is 130 Å². The van der Waals surface area contributed by atoms with E-state index in [1.807, 2.05) is 36.4 Å². The van der Waals surface area contributed by atoms with Gasteiger partial charge in [0, 0.05) is 25.6 Å². The fourth-order valence-corrected chi connectivity index (χ4v) is 5.03. The number of nitrogens with one attached hydrogen (secondary N) is 3. The van der Waals surface area contributed by atoms with E-state index in [1.165, 1.54) is 0 Å². The zero-order valence-electron chi connectivity index (χ0n) is 27.7. The monoisotopic (exact) mass is 700 g/mol. The number of carboxylic acid groups (broad SMARTS) is 2. The lowest BCUT2D eigenvalue weighted by atomic mass is 9.98. The van der Waals surface area contributed by atoms with E-state index in [2.05, 4.69) is 28.1 Å². The smallest absolute Gasteiger partial charge is 0.407 e. The van der Waals surface area contributed by atoms with Crippen LogP contribution in [0.15, 0.2) is 48.5 Å². The highest BCUT2D eigenvalue weighted by Crippen LogP contribution is 2.44. The third-order valence-electron chi connectivity index (χ3n) is 7.40. The average Bonchev–Trinajstić information content (AvgIpc) is 3.41.